The summed E-state index contributed by atoms with van der Waals surface area (Å²) in [7, 11) is 0. The van der Waals surface area contributed by atoms with Gasteiger partial charge >= 0.3 is 0 Å². The van der Waals surface area contributed by atoms with Crippen LogP contribution in [0.3, 0.4) is 0 Å². The summed E-state index contributed by atoms with van der Waals surface area (Å²) < 4.78 is 0. The van der Waals surface area contributed by atoms with E-state index in [1.165, 1.54) is 25.7 Å². The topological polar surface area (TPSA) is 143 Å². The van der Waals surface area contributed by atoms with E-state index < -0.39 is 0 Å². The Hall–Kier alpha value is -0.180. The fourth-order valence-corrected chi connectivity index (χ4v) is 7.35. The molecule has 2 amide bonds. The van der Waals surface area contributed by atoms with E-state index in [9.17, 15) is 9.59 Å². The van der Waals surface area contributed by atoms with Crippen molar-refractivity contribution in [3.63, 3.8) is 0 Å². The summed E-state index contributed by atoms with van der Waals surface area (Å²) >= 11 is 0. The maximum Gasteiger partial charge on any atom is 0.237 e. The Labute approximate surface area is 322 Å². The quantitative estimate of drug-likeness (QED) is 0.211. The lowest BCUT2D eigenvalue weighted by atomic mass is 10.0. The maximum absolute atomic E-state index is 12.7. The standard InChI is InChI=1S/2C17H33N3O2.4ClH.H2O/c2*1-14(2)13-16(17(22)18-15-5-3-4-6-15)20-9-7-19(8-10-20)11-12-21;;;;;/h2*14-16,21H,3-13H2,1-2H3,(H,18,22);4*1H;1H2. The molecular weight excluding hydrogens is 714 g/mol. The Morgan fingerprint density at radius 1 is 0.571 bits per heavy atom. The van der Waals surface area contributed by atoms with Crippen molar-refractivity contribution < 1.29 is 25.3 Å². The fourth-order valence-electron chi connectivity index (χ4n) is 7.35. The minimum atomic E-state index is 0. The van der Waals surface area contributed by atoms with Crippen molar-refractivity contribution in [2.45, 2.75) is 116 Å². The van der Waals surface area contributed by atoms with Crippen LogP contribution in [0.2, 0.25) is 0 Å². The first-order valence-corrected chi connectivity index (χ1v) is 17.9. The molecule has 6 N–H and O–H groups in total. The van der Waals surface area contributed by atoms with Crippen molar-refractivity contribution in [3.8, 4) is 0 Å². The average Bonchev–Trinajstić information content (AvgIpc) is 3.71. The number of hydrogen-bond donors (Lipinski definition) is 4. The minimum Gasteiger partial charge on any atom is -0.412 e. The number of piperazine rings is 2. The third kappa shape index (κ3) is 19.5. The summed E-state index contributed by atoms with van der Waals surface area (Å²) in [5.74, 6) is 1.51. The zero-order valence-electron chi connectivity index (χ0n) is 30.7. The molecule has 4 rings (SSSR count). The first-order valence-electron chi connectivity index (χ1n) is 17.9. The second-order valence-corrected chi connectivity index (χ2v) is 14.5. The van der Waals surface area contributed by atoms with Crippen molar-refractivity contribution >= 4 is 61.4 Å². The van der Waals surface area contributed by atoms with Gasteiger partial charge in [-0.3, -0.25) is 29.2 Å². The Morgan fingerprint density at radius 3 is 1.10 bits per heavy atom. The third-order valence-corrected chi connectivity index (χ3v) is 9.93. The van der Waals surface area contributed by atoms with Crippen molar-refractivity contribution in [1.29, 1.82) is 0 Å². The summed E-state index contributed by atoms with van der Waals surface area (Å²) in [6, 6.07) is 0.824. The zero-order chi connectivity index (χ0) is 31.9. The molecule has 0 radical (unpaired) electrons. The molecule has 2 saturated heterocycles. The van der Waals surface area contributed by atoms with Gasteiger partial charge in [0.1, 0.15) is 0 Å². The Bertz CT molecular complexity index is 759. The van der Waals surface area contributed by atoms with Gasteiger partial charge in [0.25, 0.3) is 0 Å². The number of carbonyl (C=O) groups is 2. The highest BCUT2D eigenvalue weighted by Gasteiger charge is 2.32. The van der Waals surface area contributed by atoms with Crippen LogP contribution in [-0.2, 0) is 9.59 Å². The first kappa shape index (κ1) is 53.2. The van der Waals surface area contributed by atoms with Crippen molar-refractivity contribution in [2.24, 2.45) is 11.8 Å². The molecule has 0 aromatic rings. The van der Waals surface area contributed by atoms with Crippen LogP contribution in [-0.4, -0.2) is 150 Å². The van der Waals surface area contributed by atoms with Gasteiger partial charge in [-0.2, -0.15) is 0 Å². The molecule has 49 heavy (non-hydrogen) atoms. The first-order chi connectivity index (χ1) is 21.2. The number of carbonyl (C=O) groups excluding carboxylic acids is 2. The highest BCUT2D eigenvalue weighted by molar-refractivity contribution is 5.86. The SMILES string of the molecule is CC(C)CC(C(=O)NC1CCCC1)N1CCN(CCO)CC1.CC(C)CC(C(=O)NC1CCCC1)N1CCN(CCO)CC1.Cl.Cl.Cl.Cl.O. The molecule has 296 valence electrons. The second-order valence-electron chi connectivity index (χ2n) is 14.5. The van der Waals surface area contributed by atoms with Crippen molar-refractivity contribution in [1.82, 2.24) is 30.2 Å². The van der Waals surface area contributed by atoms with Gasteiger partial charge < -0.3 is 26.3 Å². The molecule has 11 nitrogen and oxygen atoms in total. The van der Waals surface area contributed by atoms with Crippen LogP contribution in [0, 0.1) is 11.8 Å². The van der Waals surface area contributed by atoms with Crippen LogP contribution in [0.25, 0.3) is 0 Å². The van der Waals surface area contributed by atoms with Gasteiger partial charge in [-0.1, -0.05) is 53.4 Å². The van der Waals surface area contributed by atoms with E-state index in [2.05, 4.69) is 57.9 Å². The average molecular weight is 787 g/mol. The third-order valence-electron chi connectivity index (χ3n) is 9.93. The summed E-state index contributed by atoms with van der Waals surface area (Å²) in [6.07, 6.45) is 11.4. The molecule has 0 spiro atoms. The van der Waals surface area contributed by atoms with E-state index in [1.54, 1.807) is 0 Å². The molecule has 0 bridgehead atoms. The number of aliphatic hydroxyl groups excluding tert-OH is 2. The molecule has 4 fully saturated rings. The Kier molecular flexibility index (Phi) is 31.8. The van der Waals surface area contributed by atoms with Gasteiger partial charge in [-0.25, -0.2) is 0 Å². The smallest absolute Gasteiger partial charge is 0.237 e. The summed E-state index contributed by atoms with van der Waals surface area (Å²) in [6.45, 7) is 18.2. The van der Waals surface area contributed by atoms with E-state index in [4.69, 9.17) is 10.2 Å². The number of nitrogens with zero attached hydrogens (tertiary/aromatic N) is 4. The summed E-state index contributed by atoms with van der Waals surface area (Å²) in [4.78, 5) is 34.7. The molecule has 2 aliphatic heterocycles. The lowest BCUT2D eigenvalue weighted by Crippen LogP contribution is -2.56. The minimum absolute atomic E-state index is 0. The molecule has 0 aromatic heterocycles. The van der Waals surface area contributed by atoms with Crippen molar-refractivity contribution in [2.75, 3.05) is 78.7 Å². The molecule has 2 unspecified atom stereocenters. The molecule has 0 aromatic carbocycles. The van der Waals surface area contributed by atoms with E-state index >= 15 is 0 Å². The molecule has 2 atom stereocenters. The van der Waals surface area contributed by atoms with Crippen molar-refractivity contribution in [3.05, 3.63) is 0 Å². The van der Waals surface area contributed by atoms with Crippen LogP contribution in [0.15, 0.2) is 0 Å². The van der Waals surface area contributed by atoms with Gasteiger partial charge in [0.2, 0.25) is 11.8 Å². The van der Waals surface area contributed by atoms with E-state index in [1.807, 2.05) is 0 Å². The number of β-amino-alcohol motifs (C(OH)–C–C–N with tert-alkyl or cyclic N) is 2. The van der Waals surface area contributed by atoms with Gasteiger partial charge in [0, 0.05) is 77.5 Å². The maximum atomic E-state index is 12.7. The van der Waals surface area contributed by atoms with Gasteiger partial charge in [-0.05, 0) is 50.4 Å². The highest BCUT2D eigenvalue weighted by atomic mass is 35.5. The van der Waals surface area contributed by atoms with Crippen LogP contribution >= 0.6 is 49.6 Å². The largest absolute Gasteiger partial charge is 0.412 e. The van der Waals surface area contributed by atoms with Gasteiger partial charge in [-0.15, -0.1) is 49.6 Å². The monoisotopic (exact) mass is 784 g/mol. The molecule has 2 heterocycles. The van der Waals surface area contributed by atoms with Gasteiger partial charge in [0.15, 0.2) is 0 Å². The van der Waals surface area contributed by atoms with Crippen LogP contribution < -0.4 is 10.6 Å². The highest BCUT2D eigenvalue weighted by Crippen LogP contribution is 2.21. The number of hydrogen-bond acceptors (Lipinski definition) is 8. The number of rotatable bonds is 14. The molecule has 2 aliphatic carbocycles. The number of aliphatic hydroxyl groups is 2. The summed E-state index contributed by atoms with van der Waals surface area (Å²) in [5.41, 5.74) is 0. The number of nitrogens with one attached hydrogen (secondary N) is 2. The molecule has 2 saturated carbocycles. The van der Waals surface area contributed by atoms with Crippen LogP contribution in [0.4, 0.5) is 0 Å². The summed E-state index contributed by atoms with van der Waals surface area (Å²) in [5, 5.41) is 24.6. The zero-order valence-corrected chi connectivity index (χ0v) is 33.9. The predicted molar refractivity (Wildman–Crippen MR) is 210 cm³/mol. The molecule has 15 heteroatoms. The Morgan fingerprint density at radius 2 is 0.857 bits per heavy atom. The molecular formula is C34H72Cl4N6O5. The predicted octanol–water partition coefficient (Wildman–Crippen LogP) is 3.00. The van der Waals surface area contributed by atoms with Crippen LogP contribution in [0.1, 0.15) is 91.9 Å². The lowest BCUT2D eigenvalue weighted by Gasteiger charge is -2.39. The molecule has 4 aliphatic rings. The van der Waals surface area contributed by atoms with E-state index in [-0.39, 0.29) is 92.2 Å². The fraction of sp³-hybridized carbons (Fsp3) is 0.941. The van der Waals surface area contributed by atoms with Crippen LogP contribution in [0.5, 0.6) is 0 Å². The van der Waals surface area contributed by atoms with E-state index in [0.29, 0.717) is 23.9 Å². The normalized spacial score (nSPS) is 20.7. The Balaban J connectivity index is -0.000000784. The number of halogens is 4. The lowest BCUT2D eigenvalue weighted by molar-refractivity contribution is -0.129. The van der Waals surface area contributed by atoms with E-state index in [0.717, 1.165) is 104 Å². The second kappa shape index (κ2) is 29.3. The van der Waals surface area contributed by atoms with Gasteiger partial charge in [0.05, 0.1) is 25.3 Å². The number of amides is 2.